The first-order valence-corrected chi connectivity index (χ1v) is 18.3. The Labute approximate surface area is 269 Å². The first-order valence-electron chi connectivity index (χ1n) is 13.0. The van der Waals surface area contributed by atoms with Crippen LogP contribution in [0.5, 0.6) is 5.75 Å². The summed E-state index contributed by atoms with van der Waals surface area (Å²) in [5, 5.41) is 7.61. The van der Waals surface area contributed by atoms with Crippen molar-refractivity contribution in [3.8, 4) is 17.0 Å². The van der Waals surface area contributed by atoms with E-state index in [1.165, 1.54) is 32.8 Å². The highest BCUT2D eigenvalue weighted by Gasteiger charge is 2.22. The van der Waals surface area contributed by atoms with Crippen LogP contribution in [0.2, 0.25) is 0 Å². The molecule has 4 aromatic rings. The minimum atomic E-state index is -0.510. The molecular weight excluding hydrogens is 645 g/mol. The lowest BCUT2D eigenvalue weighted by Gasteiger charge is -2.24. The average Bonchev–Trinajstić information content (AvgIpc) is 3.40. The van der Waals surface area contributed by atoms with Crippen molar-refractivity contribution in [3.05, 3.63) is 54.5 Å². The van der Waals surface area contributed by atoms with E-state index >= 15 is 0 Å². The summed E-state index contributed by atoms with van der Waals surface area (Å²) >= 11 is 8.89. The molecule has 3 aromatic heterocycles. The van der Waals surface area contributed by atoms with Crippen molar-refractivity contribution >= 4 is 83.5 Å². The number of nitrogens with zero attached hydrogens (tertiary/aromatic N) is 6. The Morgan fingerprint density at radius 1 is 1.14 bits per heavy atom. The lowest BCUT2D eigenvalue weighted by Crippen LogP contribution is -2.29. The number of methoxy groups -OCH3 is 1. The lowest BCUT2D eigenvalue weighted by molar-refractivity contribution is 0.0378. The lowest BCUT2D eigenvalue weighted by atomic mass is 10.1. The first-order chi connectivity index (χ1) is 20.6. The molecule has 0 aliphatic rings. The Morgan fingerprint density at radius 3 is 2.51 bits per heavy atom. The van der Waals surface area contributed by atoms with Crippen molar-refractivity contribution in [2.45, 2.75) is 20.0 Å². The fourth-order valence-corrected chi connectivity index (χ4v) is 6.72. The van der Waals surface area contributed by atoms with Gasteiger partial charge in [-0.2, -0.15) is 5.10 Å². The van der Waals surface area contributed by atoms with E-state index in [1.54, 1.807) is 37.7 Å². The van der Waals surface area contributed by atoms with E-state index in [2.05, 4.69) is 47.6 Å². The summed E-state index contributed by atoms with van der Waals surface area (Å²) < 4.78 is 12.8. The predicted octanol–water partition coefficient (Wildman–Crippen LogP) is 3.68. The Balaban J connectivity index is 0.000000934. The zero-order valence-corrected chi connectivity index (χ0v) is 28.7. The third-order valence-corrected chi connectivity index (χ3v) is 10.4. The zero-order chi connectivity index (χ0) is 31.5. The third-order valence-electron chi connectivity index (χ3n) is 5.98. The Morgan fingerprint density at radius 2 is 1.88 bits per heavy atom. The molecule has 0 fully saturated rings. The van der Waals surface area contributed by atoms with E-state index in [0.717, 1.165) is 24.3 Å². The number of nitrogens with two attached hydrogens (primary N) is 1. The molecule has 230 valence electrons. The number of rotatable bonds is 10. The van der Waals surface area contributed by atoms with E-state index < -0.39 is 5.97 Å². The number of nitrogens with one attached hydrogen (secondary N) is 1. The molecule has 0 radical (unpaired) electrons. The van der Waals surface area contributed by atoms with E-state index in [9.17, 15) is 4.79 Å². The van der Waals surface area contributed by atoms with Crippen molar-refractivity contribution in [3.63, 3.8) is 0 Å². The fourth-order valence-electron chi connectivity index (χ4n) is 3.98. The Bertz CT molecular complexity index is 1690. The van der Waals surface area contributed by atoms with Crippen LogP contribution in [0, 0.1) is 0 Å². The van der Waals surface area contributed by atoms with Gasteiger partial charge in [-0.15, -0.1) is 0 Å². The molecule has 0 atom stereocenters. The van der Waals surface area contributed by atoms with Crippen LogP contribution < -0.4 is 20.7 Å². The predicted molar refractivity (Wildman–Crippen MR) is 186 cm³/mol. The van der Waals surface area contributed by atoms with Gasteiger partial charge in [-0.3, -0.25) is 0 Å². The average molecular weight is 679 g/mol. The van der Waals surface area contributed by atoms with Gasteiger partial charge in [-0.05, 0) is 46.1 Å². The highest BCUT2D eigenvalue weighted by molar-refractivity contribution is 8.59. The molecule has 0 aliphatic carbocycles. The fraction of sp³-hybridized carbons (Fsp3) is 0.333. The van der Waals surface area contributed by atoms with E-state index in [-0.39, 0.29) is 17.6 Å². The second-order valence-corrected chi connectivity index (χ2v) is 15.0. The van der Waals surface area contributed by atoms with Crippen molar-refractivity contribution in [2.75, 3.05) is 57.3 Å². The molecule has 0 saturated carbocycles. The second-order valence-electron chi connectivity index (χ2n) is 9.66. The van der Waals surface area contributed by atoms with Gasteiger partial charge >= 0.3 is 5.97 Å². The highest BCUT2D eigenvalue weighted by atomic mass is 33.3. The monoisotopic (exact) mass is 678 g/mol. The number of fused-ring (bicyclic) bond motifs is 1. The van der Waals surface area contributed by atoms with Crippen molar-refractivity contribution in [1.82, 2.24) is 24.5 Å². The van der Waals surface area contributed by atoms with Crippen LogP contribution in [0.25, 0.3) is 16.8 Å². The highest BCUT2D eigenvalue weighted by Crippen LogP contribution is 2.36. The molecule has 0 aliphatic heterocycles. The summed E-state index contributed by atoms with van der Waals surface area (Å²) in [6.07, 6.45) is 4.67. The molecule has 0 unspecified atom stereocenters. The van der Waals surface area contributed by atoms with Crippen molar-refractivity contribution in [2.24, 2.45) is 0 Å². The number of anilines is 4. The molecular formula is C27H34N8O3S5. The zero-order valence-electron chi connectivity index (χ0n) is 24.6. The largest absolute Gasteiger partial charge is 0.494 e. The SMILES string of the molecule is COc1cc(N(C)CCN(C)C)c(N)cc1Nc1ncc(C(=O)OC(C)C)c(-c2cnn3ccccc23)n1.S=S=S=S=S. The van der Waals surface area contributed by atoms with Crippen LogP contribution in [0.1, 0.15) is 24.2 Å². The molecule has 1 aromatic carbocycles. The maximum Gasteiger partial charge on any atom is 0.342 e. The molecule has 43 heavy (non-hydrogen) atoms. The van der Waals surface area contributed by atoms with Gasteiger partial charge in [0, 0.05) is 93.2 Å². The number of hydrogen-bond donors (Lipinski definition) is 2. The number of ether oxygens (including phenoxy) is 2. The minimum absolute atomic E-state index is 0.243. The van der Waals surface area contributed by atoms with Gasteiger partial charge in [0.1, 0.15) is 11.3 Å². The van der Waals surface area contributed by atoms with Crippen molar-refractivity contribution < 1.29 is 14.3 Å². The topological polar surface area (TPSA) is 123 Å². The number of benzene rings is 1. The summed E-state index contributed by atoms with van der Waals surface area (Å²) in [6, 6.07) is 9.36. The Hall–Kier alpha value is -3.28. The minimum Gasteiger partial charge on any atom is -0.494 e. The molecule has 0 amide bonds. The summed E-state index contributed by atoms with van der Waals surface area (Å²) in [5.74, 6) is 0.335. The number of hydrogen-bond acceptors (Lipinski definition) is 12. The molecule has 3 heterocycles. The van der Waals surface area contributed by atoms with E-state index in [4.69, 9.17) is 20.2 Å². The van der Waals surface area contributed by atoms with Gasteiger partial charge in [-0.1, -0.05) is 6.07 Å². The third kappa shape index (κ3) is 9.35. The number of likely N-dealkylation sites (N-methyl/N-ethyl adjacent to an activating group) is 2. The number of nitrogen functional groups attached to an aromatic ring is 1. The smallest absolute Gasteiger partial charge is 0.342 e. The number of aromatic nitrogens is 4. The summed E-state index contributed by atoms with van der Waals surface area (Å²) in [7, 11) is 11.6. The van der Waals surface area contributed by atoms with Crippen molar-refractivity contribution in [1.29, 1.82) is 0 Å². The second kappa shape index (κ2) is 16.5. The number of pyridine rings is 1. The molecule has 4 rings (SSSR count). The first kappa shape index (κ1) is 34.2. The molecule has 16 heteroatoms. The number of esters is 1. The maximum atomic E-state index is 12.9. The van der Waals surface area contributed by atoms with Crippen LogP contribution >= 0.6 is 0 Å². The van der Waals surface area contributed by atoms with Gasteiger partial charge in [0.15, 0.2) is 0 Å². The van der Waals surface area contributed by atoms with E-state index in [1.807, 2.05) is 51.6 Å². The summed E-state index contributed by atoms with van der Waals surface area (Å²) in [4.78, 5) is 26.2. The molecule has 0 bridgehead atoms. The molecule has 0 spiro atoms. The molecule has 3 N–H and O–H groups in total. The van der Waals surface area contributed by atoms with Crippen LogP contribution in [0.4, 0.5) is 23.0 Å². The van der Waals surface area contributed by atoms with Gasteiger partial charge in [0.25, 0.3) is 0 Å². The maximum absolute atomic E-state index is 12.9. The quantitative estimate of drug-likeness (QED) is 0.188. The molecule has 11 nitrogen and oxygen atoms in total. The normalized spacial score (nSPS) is 10.6. The number of carbonyl (C=O) groups excluding carboxylic acids is 1. The standard InChI is InChI=1S/C27H34N8O3.S5/c1-17(2)38-26(36)19-15-29-27(32-25(19)18-16-30-35-10-8-7-9-22(18)35)31-21-13-20(28)23(14-24(21)37-6)34(5)12-11-33(3)4;1-3-5-4-2/h7-10,13-17H,11-12,28H2,1-6H3,(H,29,31,32);. The van der Waals surface area contributed by atoms with Gasteiger partial charge in [-0.25, -0.2) is 19.3 Å². The molecule has 0 saturated heterocycles. The van der Waals surface area contributed by atoms with Crippen LogP contribution in [0.3, 0.4) is 0 Å². The van der Waals surface area contributed by atoms with E-state index in [0.29, 0.717) is 28.4 Å². The van der Waals surface area contributed by atoms with Gasteiger partial charge in [0.05, 0.1) is 47.7 Å². The summed E-state index contributed by atoms with van der Waals surface area (Å²) in [5.41, 5.74) is 10.6. The van der Waals surface area contributed by atoms with Gasteiger partial charge in [0.2, 0.25) is 5.95 Å². The Kier molecular flexibility index (Phi) is 13.2. The van der Waals surface area contributed by atoms with Crippen LogP contribution in [-0.4, -0.2) is 77.9 Å². The van der Waals surface area contributed by atoms with Crippen LogP contribution in [0.15, 0.2) is 48.9 Å². The summed E-state index contributed by atoms with van der Waals surface area (Å²) in [6.45, 7) is 5.27. The van der Waals surface area contributed by atoms with Gasteiger partial charge < -0.3 is 30.3 Å². The van der Waals surface area contributed by atoms with Crippen LogP contribution in [-0.2, 0) is 53.8 Å². The number of carbonyl (C=O) groups is 1.